The summed E-state index contributed by atoms with van der Waals surface area (Å²) in [5.41, 5.74) is 5.95. The number of aryl methyl sites for hydroxylation is 1. The van der Waals surface area contributed by atoms with Gasteiger partial charge in [0.05, 0.1) is 0 Å². The number of hydrogen-bond acceptors (Lipinski definition) is 5. The zero-order chi connectivity index (χ0) is 13.2. The van der Waals surface area contributed by atoms with Crippen LogP contribution in [-0.2, 0) is 4.79 Å². The highest BCUT2D eigenvalue weighted by atomic mass is 32.2. The van der Waals surface area contributed by atoms with E-state index < -0.39 is 5.54 Å². The Labute approximate surface area is 111 Å². The van der Waals surface area contributed by atoms with Crippen LogP contribution in [0.1, 0.15) is 18.4 Å². The molecule has 0 radical (unpaired) electrons. The Kier molecular flexibility index (Phi) is 3.87. The first-order chi connectivity index (χ1) is 8.58. The van der Waals surface area contributed by atoms with Crippen LogP contribution in [0.3, 0.4) is 0 Å². The van der Waals surface area contributed by atoms with Crippen LogP contribution in [0.2, 0.25) is 0 Å². The SMILES string of the molecule is CNC(CSc1ncc(C)cn1)(C(N)=O)C1CC1. The highest BCUT2D eigenvalue weighted by Crippen LogP contribution is 2.41. The molecule has 1 amide bonds. The molecule has 1 aliphatic rings. The molecule has 0 saturated heterocycles. The minimum atomic E-state index is -0.626. The lowest BCUT2D eigenvalue weighted by Gasteiger charge is -2.29. The normalized spacial score (nSPS) is 18.3. The Morgan fingerprint density at radius 1 is 1.56 bits per heavy atom. The molecule has 5 nitrogen and oxygen atoms in total. The van der Waals surface area contributed by atoms with E-state index in [1.54, 1.807) is 19.4 Å². The number of amides is 1. The smallest absolute Gasteiger partial charge is 0.238 e. The van der Waals surface area contributed by atoms with E-state index in [1.807, 2.05) is 6.92 Å². The summed E-state index contributed by atoms with van der Waals surface area (Å²) in [5.74, 6) is 0.636. The lowest BCUT2D eigenvalue weighted by Crippen LogP contribution is -2.57. The zero-order valence-electron chi connectivity index (χ0n) is 10.6. The molecule has 1 aromatic rings. The number of nitrogens with two attached hydrogens (primary N) is 1. The van der Waals surface area contributed by atoms with E-state index in [0.29, 0.717) is 16.8 Å². The standard InChI is InChI=1S/C12H18N4OS/c1-8-5-15-11(16-6-8)18-7-12(14-2,10(13)17)9-3-4-9/h5-6,9,14H,3-4,7H2,1-2H3,(H2,13,17). The molecular weight excluding hydrogens is 248 g/mol. The summed E-state index contributed by atoms with van der Waals surface area (Å²) in [6, 6.07) is 0. The van der Waals surface area contributed by atoms with Gasteiger partial charge in [0.1, 0.15) is 5.54 Å². The lowest BCUT2D eigenvalue weighted by atomic mass is 9.95. The van der Waals surface area contributed by atoms with E-state index in [0.717, 1.165) is 18.4 Å². The highest BCUT2D eigenvalue weighted by Gasteiger charge is 2.48. The second-order valence-corrected chi connectivity index (χ2v) is 5.63. The van der Waals surface area contributed by atoms with E-state index >= 15 is 0 Å². The van der Waals surface area contributed by atoms with Crippen molar-refractivity contribution in [1.82, 2.24) is 15.3 Å². The van der Waals surface area contributed by atoms with Crippen LogP contribution in [0.5, 0.6) is 0 Å². The molecule has 0 aromatic carbocycles. The summed E-state index contributed by atoms with van der Waals surface area (Å²) in [5, 5.41) is 3.79. The average Bonchev–Trinajstić information content (AvgIpc) is 3.17. The third-order valence-electron chi connectivity index (χ3n) is 3.35. The predicted molar refractivity (Wildman–Crippen MR) is 71.2 cm³/mol. The van der Waals surface area contributed by atoms with Crippen molar-refractivity contribution in [2.45, 2.75) is 30.5 Å². The number of thioether (sulfide) groups is 1. The number of carbonyl (C=O) groups is 1. The maximum Gasteiger partial charge on any atom is 0.238 e. The third-order valence-corrected chi connectivity index (χ3v) is 4.41. The minimum absolute atomic E-state index is 0.285. The molecule has 1 unspecified atom stereocenters. The zero-order valence-corrected chi connectivity index (χ0v) is 11.5. The van der Waals surface area contributed by atoms with Crippen molar-refractivity contribution >= 4 is 17.7 Å². The molecule has 3 N–H and O–H groups in total. The molecule has 18 heavy (non-hydrogen) atoms. The van der Waals surface area contributed by atoms with Gasteiger partial charge in [0, 0.05) is 18.1 Å². The minimum Gasteiger partial charge on any atom is -0.368 e. The van der Waals surface area contributed by atoms with Gasteiger partial charge in [-0.15, -0.1) is 0 Å². The van der Waals surface area contributed by atoms with Gasteiger partial charge >= 0.3 is 0 Å². The second-order valence-electron chi connectivity index (χ2n) is 4.69. The van der Waals surface area contributed by atoms with E-state index in [9.17, 15) is 4.79 Å². The van der Waals surface area contributed by atoms with E-state index in [1.165, 1.54) is 11.8 Å². The molecule has 0 spiro atoms. The Bertz CT molecular complexity index is 432. The summed E-state index contributed by atoms with van der Waals surface area (Å²) < 4.78 is 0. The van der Waals surface area contributed by atoms with Gasteiger partial charge in [-0.25, -0.2) is 9.97 Å². The molecule has 1 aliphatic carbocycles. The Balaban J connectivity index is 2.06. The van der Waals surface area contributed by atoms with Crippen LogP contribution in [-0.4, -0.2) is 34.2 Å². The molecule has 0 bridgehead atoms. The molecule has 1 aromatic heterocycles. The molecule has 1 heterocycles. The molecule has 6 heteroatoms. The maximum absolute atomic E-state index is 11.7. The lowest BCUT2D eigenvalue weighted by molar-refractivity contribution is -0.124. The number of rotatable bonds is 6. The van der Waals surface area contributed by atoms with Crippen LogP contribution in [0.25, 0.3) is 0 Å². The largest absolute Gasteiger partial charge is 0.368 e. The average molecular weight is 266 g/mol. The monoisotopic (exact) mass is 266 g/mol. The van der Waals surface area contributed by atoms with Gasteiger partial charge in [0.25, 0.3) is 0 Å². The van der Waals surface area contributed by atoms with Gasteiger partial charge in [-0.05, 0) is 38.3 Å². The van der Waals surface area contributed by atoms with Crippen molar-refractivity contribution in [2.24, 2.45) is 11.7 Å². The van der Waals surface area contributed by atoms with Gasteiger partial charge in [0.15, 0.2) is 5.16 Å². The van der Waals surface area contributed by atoms with E-state index in [-0.39, 0.29) is 5.91 Å². The highest BCUT2D eigenvalue weighted by molar-refractivity contribution is 7.99. The van der Waals surface area contributed by atoms with Crippen LogP contribution in [0.4, 0.5) is 0 Å². The number of aromatic nitrogens is 2. The van der Waals surface area contributed by atoms with E-state index in [2.05, 4.69) is 15.3 Å². The van der Waals surface area contributed by atoms with Gasteiger partial charge in [-0.2, -0.15) is 0 Å². The molecule has 98 valence electrons. The van der Waals surface area contributed by atoms with Crippen molar-refractivity contribution in [1.29, 1.82) is 0 Å². The maximum atomic E-state index is 11.7. The summed E-state index contributed by atoms with van der Waals surface area (Å²) in [4.78, 5) is 20.2. The first-order valence-electron chi connectivity index (χ1n) is 5.99. The summed E-state index contributed by atoms with van der Waals surface area (Å²) in [6.07, 6.45) is 5.66. The fourth-order valence-electron chi connectivity index (χ4n) is 2.00. The molecule has 1 fully saturated rings. The van der Waals surface area contributed by atoms with Gasteiger partial charge in [-0.1, -0.05) is 11.8 Å². The Morgan fingerprint density at radius 2 is 2.17 bits per heavy atom. The van der Waals surface area contributed by atoms with E-state index in [4.69, 9.17) is 5.73 Å². The van der Waals surface area contributed by atoms with Crippen molar-refractivity contribution in [3.05, 3.63) is 18.0 Å². The molecule has 1 atom stereocenters. The molecule has 1 saturated carbocycles. The molecule has 0 aliphatic heterocycles. The summed E-state index contributed by atoms with van der Waals surface area (Å²) in [6.45, 7) is 1.94. The number of nitrogens with zero attached hydrogens (tertiary/aromatic N) is 2. The summed E-state index contributed by atoms with van der Waals surface area (Å²) in [7, 11) is 1.79. The van der Waals surface area contributed by atoms with Crippen LogP contribution in [0, 0.1) is 12.8 Å². The first kappa shape index (κ1) is 13.3. The summed E-state index contributed by atoms with van der Waals surface area (Å²) >= 11 is 1.47. The predicted octanol–water partition coefficient (Wildman–Crippen LogP) is 0.731. The van der Waals surface area contributed by atoms with Crippen molar-refractivity contribution in [3.8, 4) is 0 Å². The van der Waals surface area contributed by atoms with Crippen LogP contribution >= 0.6 is 11.8 Å². The third kappa shape index (κ3) is 2.64. The fourth-order valence-corrected chi connectivity index (χ4v) is 3.13. The van der Waals surface area contributed by atoms with Crippen LogP contribution in [0.15, 0.2) is 17.6 Å². The quantitative estimate of drug-likeness (QED) is 0.586. The number of primary amides is 1. The van der Waals surface area contributed by atoms with Crippen molar-refractivity contribution in [2.75, 3.05) is 12.8 Å². The van der Waals surface area contributed by atoms with Gasteiger partial charge < -0.3 is 11.1 Å². The number of hydrogen-bond donors (Lipinski definition) is 2. The fraction of sp³-hybridized carbons (Fsp3) is 0.583. The molecular formula is C12H18N4OS. The van der Waals surface area contributed by atoms with Crippen molar-refractivity contribution < 1.29 is 4.79 Å². The Morgan fingerprint density at radius 3 is 2.61 bits per heavy atom. The number of nitrogens with one attached hydrogen (secondary N) is 1. The first-order valence-corrected chi connectivity index (χ1v) is 6.97. The molecule has 2 rings (SSSR count). The van der Waals surface area contributed by atoms with Crippen LogP contribution < -0.4 is 11.1 Å². The number of carbonyl (C=O) groups excluding carboxylic acids is 1. The van der Waals surface area contributed by atoms with Crippen molar-refractivity contribution in [3.63, 3.8) is 0 Å². The topological polar surface area (TPSA) is 80.9 Å². The Hall–Kier alpha value is -1.14. The number of likely N-dealkylation sites (N-methyl/N-ethyl adjacent to an activating group) is 1. The van der Waals surface area contributed by atoms with Gasteiger partial charge in [0.2, 0.25) is 5.91 Å². The van der Waals surface area contributed by atoms with Gasteiger partial charge in [-0.3, -0.25) is 4.79 Å². The second kappa shape index (κ2) is 5.24.